The van der Waals surface area contributed by atoms with Crippen LogP contribution in [0.1, 0.15) is 48.5 Å². The van der Waals surface area contributed by atoms with Crippen molar-refractivity contribution >= 4 is 10.9 Å². The molecule has 1 aliphatic rings. The van der Waals surface area contributed by atoms with Crippen LogP contribution in [0.3, 0.4) is 0 Å². The van der Waals surface area contributed by atoms with E-state index in [1.54, 1.807) is 18.2 Å². The molecule has 0 spiro atoms. The quantitative estimate of drug-likeness (QED) is 0.284. The third kappa shape index (κ3) is 6.08. The lowest BCUT2D eigenvalue weighted by Crippen LogP contribution is -2.42. The number of nitrogens with zero attached hydrogens (tertiary/aromatic N) is 2. The fourth-order valence-electron chi connectivity index (χ4n) is 4.99. The van der Waals surface area contributed by atoms with Gasteiger partial charge in [-0.3, -0.25) is 9.88 Å². The van der Waals surface area contributed by atoms with E-state index in [4.69, 9.17) is 4.74 Å². The summed E-state index contributed by atoms with van der Waals surface area (Å²) < 4.78 is 75.3. The number of alkyl halides is 2. The molecule has 1 saturated heterocycles. The van der Waals surface area contributed by atoms with E-state index in [0.29, 0.717) is 61.1 Å². The smallest absolute Gasteiger partial charge is 0.144 e. The highest BCUT2D eigenvalue weighted by molar-refractivity contribution is 5.85. The minimum Gasteiger partial charge on any atom is -0.497 e. The molecule has 1 fully saturated rings. The van der Waals surface area contributed by atoms with Crippen molar-refractivity contribution in [2.45, 2.75) is 38.5 Å². The standard InChI is InChI=1S/C29H29F5N2O2/c1-38-21-4-5-27-23(15-21)28(19(16-30)17-35-27)24(32)6-7-29(18-37)8-11-36(12-9-29)10-2-3-22-25(33)13-20(31)14-26(22)34/h4-5,13-15,17,24,37H,6-12,16,18H2,1H3/t24-/m0/s1. The number of aliphatic hydroxyl groups excluding tert-OH is 1. The molecule has 0 radical (unpaired) electrons. The fraction of sp³-hybridized carbons (Fsp3) is 0.414. The lowest BCUT2D eigenvalue weighted by Gasteiger charge is -2.40. The molecule has 38 heavy (non-hydrogen) atoms. The number of fused-ring (bicyclic) bond motifs is 1. The molecule has 1 aromatic heterocycles. The van der Waals surface area contributed by atoms with Gasteiger partial charge in [0.05, 0.1) is 24.7 Å². The summed E-state index contributed by atoms with van der Waals surface area (Å²) in [7, 11) is 1.50. The van der Waals surface area contributed by atoms with Gasteiger partial charge in [0.2, 0.25) is 0 Å². The van der Waals surface area contributed by atoms with Crippen LogP contribution < -0.4 is 4.74 Å². The number of hydrogen-bond donors (Lipinski definition) is 1. The van der Waals surface area contributed by atoms with Crippen molar-refractivity contribution in [3.05, 3.63) is 70.7 Å². The van der Waals surface area contributed by atoms with Gasteiger partial charge >= 0.3 is 0 Å². The number of aliphatic hydroxyl groups is 1. The maximum absolute atomic E-state index is 15.7. The molecule has 9 heteroatoms. The van der Waals surface area contributed by atoms with Crippen LogP contribution in [0.15, 0.2) is 36.5 Å². The second kappa shape index (κ2) is 12.1. The lowest BCUT2D eigenvalue weighted by molar-refractivity contribution is 0.0344. The zero-order chi connectivity index (χ0) is 27.3. The molecule has 0 aliphatic carbocycles. The van der Waals surface area contributed by atoms with E-state index in [2.05, 4.69) is 16.8 Å². The van der Waals surface area contributed by atoms with Gasteiger partial charge in [-0.1, -0.05) is 11.8 Å². The number of aromatic nitrogens is 1. The minimum absolute atomic E-state index is 0.104. The molecule has 2 aromatic carbocycles. The molecule has 4 nitrogen and oxygen atoms in total. The fourth-order valence-corrected chi connectivity index (χ4v) is 4.99. The second-order valence-electron chi connectivity index (χ2n) is 9.70. The van der Waals surface area contributed by atoms with Crippen LogP contribution in [0.4, 0.5) is 22.0 Å². The lowest BCUT2D eigenvalue weighted by atomic mass is 9.74. The van der Waals surface area contributed by atoms with E-state index in [0.717, 1.165) is 0 Å². The van der Waals surface area contributed by atoms with E-state index in [1.165, 1.54) is 13.3 Å². The normalized spacial score (nSPS) is 16.2. The first-order valence-electron chi connectivity index (χ1n) is 12.4. The molecular weight excluding hydrogens is 503 g/mol. The highest BCUT2D eigenvalue weighted by atomic mass is 19.2. The summed E-state index contributed by atoms with van der Waals surface area (Å²) in [4.78, 5) is 6.22. The average molecular weight is 533 g/mol. The van der Waals surface area contributed by atoms with E-state index in [-0.39, 0.29) is 30.7 Å². The predicted molar refractivity (Wildman–Crippen MR) is 135 cm³/mol. The summed E-state index contributed by atoms with van der Waals surface area (Å²) in [6, 6.07) is 6.26. The van der Waals surface area contributed by atoms with Gasteiger partial charge in [0, 0.05) is 41.4 Å². The van der Waals surface area contributed by atoms with E-state index in [1.807, 2.05) is 4.90 Å². The van der Waals surface area contributed by atoms with Crippen molar-refractivity contribution in [2.24, 2.45) is 5.41 Å². The minimum atomic E-state index is -1.45. The van der Waals surface area contributed by atoms with Gasteiger partial charge in [0.25, 0.3) is 0 Å². The number of pyridine rings is 1. The van der Waals surface area contributed by atoms with Crippen molar-refractivity contribution in [3.8, 4) is 17.6 Å². The van der Waals surface area contributed by atoms with Crippen LogP contribution in [0.5, 0.6) is 5.75 Å². The molecule has 0 saturated carbocycles. The first-order valence-corrected chi connectivity index (χ1v) is 12.4. The van der Waals surface area contributed by atoms with Crippen molar-refractivity contribution in [2.75, 3.05) is 33.4 Å². The summed E-state index contributed by atoms with van der Waals surface area (Å²) in [6.45, 7) is 0.403. The van der Waals surface area contributed by atoms with Crippen LogP contribution >= 0.6 is 0 Å². The molecule has 1 N–H and O–H groups in total. The molecule has 0 bridgehead atoms. The first-order chi connectivity index (χ1) is 18.3. The maximum Gasteiger partial charge on any atom is 0.144 e. The number of hydrogen-bond acceptors (Lipinski definition) is 4. The van der Waals surface area contributed by atoms with Gasteiger partial charge in [-0.2, -0.15) is 0 Å². The van der Waals surface area contributed by atoms with Crippen molar-refractivity contribution in [1.29, 1.82) is 0 Å². The van der Waals surface area contributed by atoms with Gasteiger partial charge in [-0.25, -0.2) is 22.0 Å². The van der Waals surface area contributed by atoms with E-state index >= 15 is 4.39 Å². The Morgan fingerprint density at radius 3 is 2.47 bits per heavy atom. The Morgan fingerprint density at radius 1 is 1.13 bits per heavy atom. The first kappa shape index (κ1) is 27.8. The molecule has 4 rings (SSSR count). The van der Waals surface area contributed by atoms with Crippen LogP contribution in [-0.2, 0) is 6.67 Å². The number of rotatable bonds is 8. The van der Waals surface area contributed by atoms with Gasteiger partial charge in [-0.15, -0.1) is 0 Å². The SMILES string of the molecule is COc1ccc2ncc(CF)c([C@@H](F)CCC3(CO)CCN(CC#Cc4c(F)cc(F)cc4F)CC3)c2c1. The van der Waals surface area contributed by atoms with Gasteiger partial charge in [-0.05, 0) is 62.4 Å². The zero-order valence-corrected chi connectivity index (χ0v) is 21.0. The van der Waals surface area contributed by atoms with Crippen molar-refractivity contribution in [3.63, 3.8) is 0 Å². The highest BCUT2D eigenvalue weighted by Crippen LogP contribution is 2.41. The third-order valence-corrected chi connectivity index (χ3v) is 7.36. The molecular formula is C29H29F5N2O2. The van der Waals surface area contributed by atoms with Gasteiger partial charge < -0.3 is 9.84 Å². The second-order valence-corrected chi connectivity index (χ2v) is 9.70. The monoisotopic (exact) mass is 532 g/mol. The Labute approximate surface area is 218 Å². The van der Waals surface area contributed by atoms with Crippen LogP contribution in [0.2, 0.25) is 0 Å². The van der Waals surface area contributed by atoms with Crippen LogP contribution in [-0.4, -0.2) is 48.3 Å². The molecule has 3 aromatic rings. The summed E-state index contributed by atoms with van der Waals surface area (Å²) >= 11 is 0. The van der Waals surface area contributed by atoms with Gasteiger partial charge in [0.15, 0.2) is 0 Å². The molecule has 0 unspecified atom stereocenters. The Kier molecular flexibility index (Phi) is 8.85. The Morgan fingerprint density at radius 2 is 1.84 bits per heavy atom. The number of methoxy groups -OCH3 is 1. The zero-order valence-electron chi connectivity index (χ0n) is 21.0. The summed E-state index contributed by atoms with van der Waals surface area (Å²) in [5.74, 6) is 2.58. The number of benzene rings is 2. The Balaban J connectivity index is 1.40. The van der Waals surface area contributed by atoms with Crippen LogP contribution in [0, 0.1) is 34.7 Å². The Bertz CT molecular complexity index is 1320. The molecule has 202 valence electrons. The largest absolute Gasteiger partial charge is 0.497 e. The third-order valence-electron chi connectivity index (χ3n) is 7.36. The summed E-state index contributed by atoms with van der Waals surface area (Å²) in [6.07, 6.45) is 1.58. The number of likely N-dealkylation sites (tertiary alicyclic amines) is 1. The van der Waals surface area contributed by atoms with Gasteiger partial charge in [0.1, 0.15) is 36.0 Å². The topological polar surface area (TPSA) is 45.6 Å². The molecule has 1 aliphatic heterocycles. The number of ether oxygens (including phenoxy) is 1. The average Bonchev–Trinajstić information content (AvgIpc) is 2.92. The number of halogens is 5. The van der Waals surface area contributed by atoms with Crippen molar-refractivity contribution in [1.82, 2.24) is 9.88 Å². The predicted octanol–water partition coefficient (Wildman–Crippen LogP) is 6.05. The Hall–Kier alpha value is -3.22. The summed E-state index contributed by atoms with van der Waals surface area (Å²) in [5.41, 5.74) is 0.0272. The molecule has 2 heterocycles. The van der Waals surface area contributed by atoms with Crippen LogP contribution in [0.25, 0.3) is 10.9 Å². The van der Waals surface area contributed by atoms with E-state index in [9.17, 15) is 22.7 Å². The van der Waals surface area contributed by atoms with E-state index < -0.39 is 41.3 Å². The van der Waals surface area contributed by atoms with Crippen molar-refractivity contribution < 1.29 is 31.8 Å². The summed E-state index contributed by atoms with van der Waals surface area (Å²) in [5, 5.41) is 10.7. The molecule has 1 atom stereocenters. The molecule has 0 amide bonds. The number of piperidine rings is 1. The maximum atomic E-state index is 15.7. The highest BCUT2D eigenvalue weighted by Gasteiger charge is 2.35.